The average molecular weight is 358 g/mol. The summed E-state index contributed by atoms with van der Waals surface area (Å²) in [6.45, 7) is 0.719. The Labute approximate surface area is 156 Å². The Hall–Kier alpha value is -3.41. The van der Waals surface area contributed by atoms with Crippen LogP contribution in [0.15, 0.2) is 72.0 Å². The summed E-state index contributed by atoms with van der Waals surface area (Å²) in [4.78, 5) is 23.5. The van der Waals surface area contributed by atoms with E-state index in [4.69, 9.17) is 4.42 Å². The number of hydrogen-bond donors (Lipinski definition) is 0. The van der Waals surface area contributed by atoms with Crippen LogP contribution in [-0.4, -0.2) is 31.7 Å². The van der Waals surface area contributed by atoms with Crippen molar-refractivity contribution in [3.63, 3.8) is 0 Å². The van der Waals surface area contributed by atoms with Crippen molar-refractivity contribution < 1.29 is 9.21 Å². The van der Waals surface area contributed by atoms with Gasteiger partial charge in [0, 0.05) is 30.7 Å². The van der Waals surface area contributed by atoms with Gasteiger partial charge in [0.2, 0.25) is 0 Å². The van der Waals surface area contributed by atoms with E-state index in [1.165, 1.54) is 6.26 Å². The van der Waals surface area contributed by atoms with Gasteiger partial charge in [0.15, 0.2) is 5.76 Å². The van der Waals surface area contributed by atoms with Crippen LogP contribution in [-0.2, 0) is 0 Å². The molecule has 6 heteroatoms. The van der Waals surface area contributed by atoms with E-state index < -0.39 is 0 Å². The number of carbonyl (C=O) groups excluding carboxylic acids is 1. The minimum absolute atomic E-state index is 0.0307. The fourth-order valence-electron chi connectivity index (χ4n) is 3.82. The van der Waals surface area contributed by atoms with Crippen LogP contribution in [0.1, 0.15) is 35.1 Å². The first-order valence-electron chi connectivity index (χ1n) is 9.03. The number of fused-ring (bicyclic) bond motifs is 1. The molecule has 27 heavy (non-hydrogen) atoms. The second-order valence-corrected chi connectivity index (χ2v) is 6.72. The number of imidazole rings is 1. The topological polar surface area (TPSA) is 63.6 Å². The van der Waals surface area contributed by atoms with E-state index in [0.717, 1.165) is 41.7 Å². The number of furan rings is 1. The largest absolute Gasteiger partial charge is 0.459 e. The monoisotopic (exact) mass is 358 g/mol. The zero-order valence-electron chi connectivity index (χ0n) is 14.7. The second-order valence-electron chi connectivity index (χ2n) is 6.72. The number of rotatable bonds is 3. The van der Waals surface area contributed by atoms with Crippen molar-refractivity contribution in [2.45, 2.75) is 18.9 Å². The Balaban J connectivity index is 1.50. The Bertz CT molecular complexity index is 1090. The molecule has 4 aromatic rings. The highest BCUT2D eigenvalue weighted by molar-refractivity contribution is 5.92. The maximum atomic E-state index is 12.8. The molecule has 1 aliphatic heterocycles. The maximum absolute atomic E-state index is 12.8. The molecule has 0 spiro atoms. The van der Waals surface area contributed by atoms with E-state index in [0.29, 0.717) is 5.76 Å². The minimum Gasteiger partial charge on any atom is -0.459 e. The van der Waals surface area contributed by atoms with Gasteiger partial charge in [0.05, 0.1) is 29.8 Å². The van der Waals surface area contributed by atoms with E-state index in [2.05, 4.69) is 28.3 Å². The van der Waals surface area contributed by atoms with Gasteiger partial charge in [-0.25, -0.2) is 4.98 Å². The molecule has 4 aromatic heterocycles. The SMILES string of the molecule is O=C(c1ccco1)N1CCC[C@H]1c1ncn2cc(-c3cccnc3)ccc12. The van der Waals surface area contributed by atoms with Gasteiger partial charge in [-0.2, -0.15) is 0 Å². The van der Waals surface area contributed by atoms with Crippen molar-refractivity contribution in [2.24, 2.45) is 0 Å². The van der Waals surface area contributed by atoms with Gasteiger partial charge in [-0.1, -0.05) is 12.1 Å². The van der Waals surface area contributed by atoms with Crippen molar-refractivity contribution in [3.8, 4) is 11.1 Å². The van der Waals surface area contributed by atoms with Crippen LogP contribution in [0.2, 0.25) is 0 Å². The van der Waals surface area contributed by atoms with Crippen molar-refractivity contribution in [1.29, 1.82) is 0 Å². The quantitative estimate of drug-likeness (QED) is 0.556. The molecule has 0 aliphatic carbocycles. The molecule has 5 heterocycles. The summed E-state index contributed by atoms with van der Waals surface area (Å²) in [7, 11) is 0. The number of hydrogen-bond acceptors (Lipinski definition) is 4. The Kier molecular flexibility index (Phi) is 3.74. The lowest BCUT2D eigenvalue weighted by Gasteiger charge is -2.22. The summed E-state index contributed by atoms with van der Waals surface area (Å²) in [5.74, 6) is 0.305. The van der Waals surface area contributed by atoms with Gasteiger partial charge in [-0.05, 0) is 42.7 Å². The molecule has 1 saturated heterocycles. The standard InChI is InChI=1S/C21H18N4O2/c26-21(19-6-3-11-27-19)25-10-2-5-18(25)20-17-8-7-16(13-24(17)14-23-20)15-4-1-9-22-12-15/h1,3-4,6-9,11-14,18H,2,5,10H2/t18-/m0/s1. The molecule has 134 valence electrons. The predicted molar refractivity (Wildman–Crippen MR) is 100 cm³/mol. The number of carbonyl (C=O) groups is 1. The van der Waals surface area contributed by atoms with Crippen molar-refractivity contribution in [2.75, 3.05) is 6.54 Å². The lowest BCUT2D eigenvalue weighted by molar-refractivity contribution is 0.0702. The summed E-state index contributed by atoms with van der Waals surface area (Å²) < 4.78 is 7.32. The van der Waals surface area contributed by atoms with Crippen molar-refractivity contribution in [1.82, 2.24) is 19.3 Å². The van der Waals surface area contributed by atoms with Crippen LogP contribution in [0, 0.1) is 0 Å². The second kappa shape index (κ2) is 6.39. The van der Waals surface area contributed by atoms with E-state index in [1.807, 2.05) is 34.0 Å². The lowest BCUT2D eigenvalue weighted by Crippen LogP contribution is -2.30. The Morgan fingerprint density at radius 1 is 1.15 bits per heavy atom. The molecule has 1 amide bonds. The third kappa shape index (κ3) is 2.70. The highest BCUT2D eigenvalue weighted by atomic mass is 16.3. The van der Waals surface area contributed by atoms with Crippen molar-refractivity contribution in [3.05, 3.63) is 79.0 Å². The first kappa shape index (κ1) is 15.8. The number of amides is 1. The van der Waals surface area contributed by atoms with Gasteiger partial charge >= 0.3 is 0 Å². The zero-order chi connectivity index (χ0) is 18.2. The van der Waals surface area contributed by atoms with E-state index in [-0.39, 0.29) is 11.9 Å². The summed E-state index contributed by atoms with van der Waals surface area (Å²) in [5, 5.41) is 0. The van der Waals surface area contributed by atoms with E-state index in [9.17, 15) is 4.79 Å². The summed E-state index contributed by atoms with van der Waals surface area (Å²) in [6.07, 6.45) is 10.9. The summed E-state index contributed by atoms with van der Waals surface area (Å²) in [6, 6.07) is 11.5. The molecule has 5 rings (SSSR count). The first-order valence-corrected chi connectivity index (χ1v) is 9.03. The van der Waals surface area contributed by atoms with E-state index in [1.54, 1.807) is 18.3 Å². The van der Waals surface area contributed by atoms with E-state index >= 15 is 0 Å². The number of likely N-dealkylation sites (tertiary alicyclic amines) is 1. The van der Waals surface area contributed by atoms with Gasteiger partial charge < -0.3 is 13.7 Å². The molecule has 6 nitrogen and oxygen atoms in total. The third-order valence-corrected chi connectivity index (χ3v) is 5.12. The fraction of sp³-hybridized carbons (Fsp3) is 0.190. The van der Waals surface area contributed by atoms with Gasteiger partial charge in [-0.3, -0.25) is 9.78 Å². The van der Waals surface area contributed by atoms with Crippen molar-refractivity contribution >= 4 is 11.4 Å². The number of pyridine rings is 2. The average Bonchev–Trinajstić information content (AvgIpc) is 3.47. The van der Waals surface area contributed by atoms with Crippen LogP contribution < -0.4 is 0 Å². The molecule has 1 aliphatic rings. The molecule has 0 unspecified atom stereocenters. The number of aromatic nitrogens is 3. The first-order chi connectivity index (χ1) is 13.3. The zero-order valence-corrected chi connectivity index (χ0v) is 14.7. The highest BCUT2D eigenvalue weighted by Crippen LogP contribution is 2.35. The normalized spacial score (nSPS) is 16.9. The molecule has 1 atom stereocenters. The molecule has 0 saturated carbocycles. The lowest BCUT2D eigenvalue weighted by atomic mass is 10.1. The summed E-state index contributed by atoms with van der Waals surface area (Å²) >= 11 is 0. The molecule has 0 radical (unpaired) electrons. The highest BCUT2D eigenvalue weighted by Gasteiger charge is 2.34. The molecule has 1 fully saturated rings. The van der Waals surface area contributed by atoms with Crippen LogP contribution in [0.5, 0.6) is 0 Å². The molecule has 0 bridgehead atoms. The van der Waals surface area contributed by atoms with Gasteiger partial charge in [0.1, 0.15) is 0 Å². The van der Waals surface area contributed by atoms with Gasteiger partial charge in [0.25, 0.3) is 5.91 Å². The van der Waals surface area contributed by atoms with Crippen LogP contribution >= 0.6 is 0 Å². The third-order valence-electron chi connectivity index (χ3n) is 5.12. The smallest absolute Gasteiger partial charge is 0.290 e. The van der Waals surface area contributed by atoms with Gasteiger partial charge in [-0.15, -0.1) is 0 Å². The minimum atomic E-state index is -0.0735. The molecule has 0 N–H and O–H groups in total. The Morgan fingerprint density at radius 3 is 2.93 bits per heavy atom. The van der Waals surface area contributed by atoms with Crippen LogP contribution in [0.3, 0.4) is 0 Å². The van der Waals surface area contributed by atoms with Crippen LogP contribution in [0.25, 0.3) is 16.6 Å². The number of nitrogens with zero attached hydrogens (tertiary/aromatic N) is 4. The summed E-state index contributed by atoms with van der Waals surface area (Å²) in [5.41, 5.74) is 4.09. The molecular weight excluding hydrogens is 340 g/mol. The molecular formula is C21H18N4O2. The predicted octanol–water partition coefficient (Wildman–Crippen LogP) is 3.97. The Morgan fingerprint density at radius 2 is 2.11 bits per heavy atom. The van der Waals surface area contributed by atoms with Crippen LogP contribution in [0.4, 0.5) is 0 Å². The fourth-order valence-corrected chi connectivity index (χ4v) is 3.82. The maximum Gasteiger partial charge on any atom is 0.290 e. The molecule has 0 aromatic carbocycles.